The van der Waals surface area contributed by atoms with E-state index < -0.39 is 0 Å². The minimum Gasteiger partial charge on any atom is -0.370 e. The molecule has 7 heteroatoms. The van der Waals surface area contributed by atoms with Gasteiger partial charge in [0.05, 0.1) is 0 Å². The third kappa shape index (κ3) is 23.1. The predicted octanol–water partition coefficient (Wildman–Crippen LogP) is 1.32. The van der Waals surface area contributed by atoms with Crippen molar-refractivity contribution in [1.82, 2.24) is 10.6 Å². The molecule has 0 atom stereocenters. The molecule has 0 unspecified atom stereocenters. The summed E-state index contributed by atoms with van der Waals surface area (Å²) in [5.41, 5.74) is 21.4. The first-order valence-corrected chi connectivity index (χ1v) is 10.1. The Kier molecular flexibility index (Phi) is 18.7. The molecular formula is C18H43N7. The highest BCUT2D eigenvalue weighted by atomic mass is 15.1. The van der Waals surface area contributed by atoms with Gasteiger partial charge in [-0.05, 0) is 45.3 Å². The summed E-state index contributed by atoms with van der Waals surface area (Å²) in [6, 6.07) is 0. The Bertz CT molecular complexity index is 291. The van der Waals surface area contributed by atoms with Gasteiger partial charge in [-0.15, -0.1) is 0 Å². The van der Waals surface area contributed by atoms with Gasteiger partial charge in [0.2, 0.25) is 0 Å². The largest absolute Gasteiger partial charge is 0.370 e. The summed E-state index contributed by atoms with van der Waals surface area (Å²) in [5, 5.41) is 6.58. The maximum Gasteiger partial charge on any atom is 0.185 e. The van der Waals surface area contributed by atoms with Gasteiger partial charge in [0, 0.05) is 6.54 Å². The van der Waals surface area contributed by atoms with Gasteiger partial charge in [0.25, 0.3) is 0 Å². The fraction of sp³-hybridized carbons (Fsp3) is 0.944. The molecule has 0 spiro atoms. The number of nitrogens with one attached hydrogen (secondary N) is 2. The molecule has 0 aliphatic rings. The Labute approximate surface area is 154 Å². The molecule has 0 aromatic rings. The summed E-state index contributed by atoms with van der Waals surface area (Å²) in [6.45, 7) is 4.00. The third-order valence-corrected chi connectivity index (χ3v) is 4.22. The molecule has 10 N–H and O–H groups in total. The second-order valence-corrected chi connectivity index (χ2v) is 6.78. The highest BCUT2D eigenvalue weighted by Crippen LogP contribution is 2.06. The second kappa shape index (κ2) is 19.4. The molecule has 7 nitrogen and oxygen atoms in total. The van der Waals surface area contributed by atoms with Gasteiger partial charge in [0.15, 0.2) is 5.96 Å². The van der Waals surface area contributed by atoms with E-state index in [2.05, 4.69) is 15.6 Å². The maximum atomic E-state index is 5.42. The van der Waals surface area contributed by atoms with Crippen molar-refractivity contribution in [2.75, 3.05) is 26.2 Å². The van der Waals surface area contributed by atoms with Gasteiger partial charge in [-0.25, -0.2) is 0 Å². The van der Waals surface area contributed by atoms with E-state index >= 15 is 0 Å². The number of rotatable bonds is 19. The Hall–Kier alpha value is -0.890. The van der Waals surface area contributed by atoms with Crippen LogP contribution in [0.5, 0.6) is 0 Å². The molecular weight excluding hydrogens is 314 g/mol. The second-order valence-electron chi connectivity index (χ2n) is 6.78. The van der Waals surface area contributed by atoms with Crippen LogP contribution in [-0.4, -0.2) is 38.4 Å². The van der Waals surface area contributed by atoms with Crippen LogP contribution < -0.4 is 33.6 Å². The number of aliphatic imine (C=N–C) groups is 1. The van der Waals surface area contributed by atoms with Gasteiger partial charge in [-0.2, -0.15) is 0 Å². The quantitative estimate of drug-likeness (QED) is 0.0891. The molecule has 0 saturated carbocycles. The molecule has 0 fully saturated rings. The Balaban J connectivity index is 3.02. The van der Waals surface area contributed by atoms with Crippen LogP contribution >= 0.6 is 0 Å². The first-order chi connectivity index (χ1) is 12.1. The molecule has 25 heavy (non-hydrogen) atoms. The number of nitrogens with two attached hydrogens (primary N) is 4. The van der Waals surface area contributed by atoms with E-state index in [1.165, 1.54) is 64.2 Å². The SMILES string of the molecule is NC(N)=NCCCCCCCCNCCCCCCCCNC(N)N. The fourth-order valence-corrected chi connectivity index (χ4v) is 2.75. The lowest BCUT2D eigenvalue weighted by Crippen LogP contribution is -2.45. The lowest BCUT2D eigenvalue weighted by Gasteiger charge is -2.07. The van der Waals surface area contributed by atoms with Gasteiger partial charge in [0.1, 0.15) is 6.29 Å². The topological polar surface area (TPSA) is 140 Å². The molecule has 0 bridgehead atoms. The summed E-state index contributed by atoms with van der Waals surface area (Å²) in [7, 11) is 0. The van der Waals surface area contributed by atoms with E-state index in [0.29, 0.717) is 0 Å². The number of unbranched alkanes of at least 4 members (excludes halogenated alkanes) is 10. The zero-order valence-corrected chi connectivity index (χ0v) is 16.1. The monoisotopic (exact) mass is 357 g/mol. The van der Waals surface area contributed by atoms with Crippen LogP contribution in [0.2, 0.25) is 0 Å². The van der Waals surface area contributed by atoms with Crippen molar-refractivity contribution < 1.29 is 0 Å². The fourth-order valence-electron chi connectivity index (χ4n) is 2.75. The van der Waals surface area contributed by atoms with Gasteiger partial charge < -0.3 is 28.3 Å². The first kappa shape index (κ1) is 24.1. The third-order valence-electron chi connectivity index (χ3n) is 4.22. The number of guanidine groups is 1. The van der Waals surface area contributed by atoms with Gasteiger partial charge in [-0.3, -0.25) is 10.3 Å². The number of hydrogen-bond acceptors (Lipinski definition) is 5. The molecule has 0 radical (unpaired) electrons. The summed E-state index contributed by atoms with van der Waals surface area (Å²) in [5.74, 6) is 0.205. The summed E-state index contributed by atoms with van der Waals surface area (Å²) < 4.78 is 0. The lowest BCUT2D eigenvalue weighted by molar-refractivity contribution is 0.504. The number of hydrogen-bond donors (Lipinski definition) is 6. The van der Waals surface area contributed by atoms with Crippen molar-refractivity contribution >= 4 is 5.96 Å². The summed E-state index contributed by atoms with van der Waals surface area (Å²) in [4.78, 5) is 3.99. The smallest absolute Gasteiger partial charge is 0.185 e. The van der Waals surface area contributed by atoms with Crippen molar-refractivity contribution in [3.8, 4) is 0 Å². The average Bonchev–Trinajstić information content (AvgIpc) is 2.56. The normalized spacial score (nSPS) is 11.2. The zero-order chi connectivity index (χ0) is 18.6. The van der Waals surface area contributed by atoms with Crippen LogP contribution in [0.25, 0.3) is 0 Å². The standard InChI is InChI=1S/C18H43N7/c19-17(20)24-15-11-7-3-1-5-9-13-23-14-10-6-2-4-8-12-16-25-18(21)22/h17,23-24H,1-16,19-20H2,(H4,21,22,25). The van der Waals surface area contributed by atoms with Crippen molar-refractivity contribution in [2.24, 2.45) is 27.9 Å². The van der Waals surface area contributed by atoms with Gasteiger partial charge >= 0.3 is 0 Å². The molecule has 0 saturated heterocycles. The van der Waals surface area contributed by atoms with Crippen molar-refractivity contribution in [3.63, 3.8) is 0 Å². The first-order valence-electron chi connectivity index (χ1n) is 10.1. The van der Waals surface area contributed by atoms with E-state index in [1.807, 2.05) is 0 Å². The van der Waals surface area contributed by atoms with Gasteiger partial charge in [-0.1, -0.05) is 51.4 Å². The molecule has 0 amide bonds. The van der Waals surface area contributed by atoms with E-state index in [9.17, 15) is 0 Å². The molecule has 150 valence electrons. The average molecular weight is 358 g/mol. The van der Waals surface area contributed by atoms with Crippen LogP contribution in [0.15, 0.2) is 4.99 Å². The zero-order valence-electron chi connectivity index (χ0n) is 16.1. The van der Waals surface area contributed by atoms with E-state index in [0.717, 1.165) is 39.0 Å². The molecule has 0 aliphatic heterocycles. The Morgan fingerprint density at radius 1 is 0.640 bits per heavy atom. The van der Waals surface area contributed by atoms with Crippen LogP contribution in [0.1, 0.15) is 77.0 Å². The lowest BCUT2D eigenvalue weighted by atomic mass is 10.1. The highest BCUT2D eigenvalue weighted by Gasteiger charge is 1.95. The maximum absolute atomic E-state index is 5.42. The van der Waals surface area contributed by atoms with Crippen molar-refractivity contribution in [3.05, 3.63) is 0 Å². The summed E-state index contributed by atoms with van der Waals surface area (Å²) in [6.07, 6.45) is 14.8. The Morgan fingerprint density at radius 3 is 1.56 bits per heavy atom. The molecule has 0 aromatic carbocycles. The minimum atomic E-state index is -0.373. The van der Waals surface area contributed by atoms with E-state index in [-0.39, 0.29) is 12.2 Å². The summed E-state index contributed by atoms with van der Waals surface area (Å²) >= 11 is 0. The Morgan fingerprint density at radius 2 is 1.08 bits per heavy atom. The van der Waals surface area contributed by atoms with E-state index in [1.54, 1.807) is 0 Å². The molecule has 0 heterocycles. The van der Waals surface area contributed by atoms with Crippen LogP contribution in [-0.2, 0) is 0 Å². The predicted molar refractivity (Wildman–Crippen MR) is 109 cm³/mol. The van der Waals surface area contributed by atoms with Crippen LogP contribution in [0.3, 0.4) is 0 Å². The molecule has 0 aliphatic carbocycles. The molecule has 0 aromatic heterocycles. The highest BCUT2D eigenvalue weighted by molar-refractivity contribution is 5.75. The number of nitrogens with zero attached hydrogens (tertiary/aromatic N) is 1. The van der Waals surface area contributed by atoms with Crippen molar-refractivity contribution in [2.45, 2.75) is 83.3 Å². The van der Waals surface area contributed by atoms with Crippen molar-refractivity contribution in [1.29, 1.82) is 0 Å². The van der Waals surface area contributed by atoms with E-state index in [4.69, 9.17) is 22.9 Å². The van der Waals surface area contributed by atoms with Crippen LogP contribution in [0, 0.1) is 0 Å². The van der Waals surface area contributed by atoms with Crippen LogP contribution in [0.4, 0.5) is 0 Å². The molecule has 0 rings (SSSR count). The minimum absolute atomic E-state index is 0.205.